The molecule has 1 aliphatic heterocycles. The van der Waals surface area contributed by atoms with Crippen molar-refractivity contribution in [2.24, 2.45) is 5.92 Å². The summed E-state index contributed by atoms with van der Waals surface area (Å²) in [5.74, 6) is 0.641. The molecule has 17 heavy (non-hydrogen) atoms. The Morgan fingerprint density at radius 1 is 1.53 bits per heavy atom. The number of carbonyl (C=O) groups excluding carboxylic acids is 1. The van der Waals surface area contributed by atoms with E-state index in [-0.39, 0.29) is 5.91 Å². The molecule has 0 N–H and O–H groups in total. The van der Waals surface area contributed by atoms with Crippen LogP contribution in [-0.2, 0) is 0 Å². The molecule has 0 aliphatic carbocycles. The van der Waals surface area contributed by atoms with Gasteiger partial charge in [0, 0.05) is 23.8 Å². The van der Waals surface area contributed by atoms with E-state index in [1.165, 1.54) is 0 Å². The second-order valence-corrected chi connectivity index (χ2v) is 5.78. The molecule has 2 rings (SSSR count). The van der Waals surface area contributed by atoms with Gasteiger partial charge in [0.2, 0.25) is 0 Å². The van der Waals surface area contributed by atoms with Crippen molar-refractivity contribution in [2.45, 2.75) is 19.8 Å². The lowest BCUT2D eigenvalue weighted by atomic mass is 9.99. The summed E-state index contributed by atoms with van der Waals surface area (Å²) >= 11 is 9.31. The van der Waals surface area contributed by atoms with Gasteiger partial charge in [0.25, 0.3) is 5.91 Å². The Labute approximate surface area is 114 Å². The zero-order chi connectivity index (χ0) is 12.4. The third-order valence-corrected chi connectivity index (χ3v) is 3.80. The molecule has 1 aromatic heterocycles. The predicted octanol–water partition coefficient (Wildman–Crippen LogP) is 3.37. The van der Waals surface area contributed by atoms with Gasteiger partial charge in [-0.1, -0.05) is 18.5 Å². The Hall–Kier alpha value is -0.610. The number of rotatable bonds is 1. The first-order valence-corrected chi connectivity index (χ1v) is 6.85. The molecule has 2 heterocycles. The van der Waals surface area contributed by atoms with Crippen molar-refractivity contribution >= 4 is 33.4 Å². The van der Waals surface area contributed by atoms with Gasteiger partial charge in [-0.15, -0.1) is 0 Å². The van der Waals surface area contributed by atoms with E-state index in [1.807, 2.05) is 4.90 Å². The fourth-order valence-electron chi connectivity index (χ4n) is 1.93. The number of pyridine rings is 1. The molecule has 0 bridgehead atoms. The van der Waals surface area contributed by atoms with Crippen LogP contribution in [0, 0.1) is 5.92 Å². The Morgan fingerprint density at radius 2 is 2.18 bits per heavy atom. The monoisotopic (exact) mass is 316 g/mol. The highest BCUT2D eigenvalue weighted by molar-refractivity contribution is 9.10. The molecule has 0 spiro atoms. The molecule has 1 aliphatic rings. The van der Waals surface area contributed by atoms with Crippen molar-refractivity contribution in [1.82, 2.24) is 9.88 Å². The van der Waals surface area contributed by atoms with E-state index >= 15 is 0 Å². The van der Waals surface area contributed by atoms with Gasteiger partial charge in [-0.2, -0.15) is 0 Å². The number of likely N-dealkylation sites (tertiary alicyclic amines) is 1. The van der Waals surface area contributed by atoms with Crippen LogP contribution in [0.4, 0.5) is 0 Å². The third-order valence-electron chi connectivity index (χ3n) is 3.08. The third kappa shape index (κ3) is 2.99. The van der Waals surface area contributed by atoms with E-state index in [0.717, 1.165) is 30.4 Å². The number of halogens is 2. The second kappa shape index (κ2) is 5.36. The number of amides is 1. The Kier molecular flexibility index (Phi) is 4.05. The molecule has 0 atom stereocenters. The highest BCUT2D eigenvalue weighted by atomic mass is 79.9. The summed E-state index contributed by atoms with van der Waals surface area (Å²) < 4.78 is 0.784. The van der Waals surface area contributed by atoms with Crippen LogP contribution in [0.15, 0.2) is 16.7 Å². The summed E-state index contributed by atoms with van der Waals surface area (Å²) in [6.45, 7) is 3.81. The molecule has 0 radical (unpaired) electrons. The van der Waals surface area contributed by atoms with E-state index in [4.69, 9.17) is 11.6 Å². The van der Waals surface area contributed by atoms with Gasteiger partial charge in [0.05, 0.1) is 5.02 Å². The number of nitrogens with zero attached hydrogens (tertiary/aromatic N) is 2. The molecule has 1 aromatic rings. The summed E-state index contributed by atoms with van der Waals surface area (Å²) in [6, 6.07) is 1.70. The summed E-state index contributed by atoms with van der Waals surface area (Å²) in [5.41, 5.74) is 0.351. The zero-order valence-corrected chi connectivity index (χ0v) is 12.0. The summed E-state index contributed by atoms with van der Waals surface area (Å²) in [5, 5.41) is 0.406. The number of aromatic nitrogens is 1. The van der Waals surface area contributed by atoms with Crippen LogP contribution in [0.5, 0.6) is 0 Å². The minimum absolute atomic E-state index is 0.0607. The summed E-state index contributed by atoms with van der Waals surface area (Å²) in [4.78, 5) is 18.1. The van der Waals surface area contributed by atoms with Gasteiger partial charge in [-0.3, -0.25) is 4.79 Å². The van der Waals surface area contributed by atoms with Crippen LogP contribution in [0.3, 0.4) is 0 Å². The highest BCUT2D eigenvalue weighted by Gasteiger charge is 2.23. The molecular weight excluding hydrogens is 304 g/mol. The zero-order valence-electron chi connectivity index (χ0n) is 9.62. The molecule has 1 saturated heterocycles. The maximum atomic E-state index is 12.2. The van der Waals surface area contributed by atoms with Gasteiger partial charge in [-0.25, -0.2) is 4.98 Å². The van der Waals surface area contributed by atoms with Crippen LogP contribution in [0.2, 0.25) is 5.02 Å². The quantitative estimate of drug-likeness (QED) is 0.795. The van der Waals surface area contributed by atoms with E-state index in [0.29, 0.717) is 16.6 Å². The topological polar surface area (TPSA) is 33.2 Å². The molecule has 3 nitrogen and oxygen atoms in total. The summed E-state index contributed by atoms with van der Waals surface area (Å²) in [7, 11) is 0. The number of carbonyl (C=O) groups is 1. The lowest BCUT2D eigenvalue weighted by molar-refractivity contribution is 0.0691. The Bertz CT molecular complexity index is 431. The lowest BCUT2D eigenvalue weighted by Gasteiger charge is -2.30. The second-order valence-electron chi connectivity index (χ2n) is 4.46. The molecule has 1 amide bonds. The average molecular weight is 318 g/mol. The summed E-state index contributed by atoms with van der Waals surface area (Å²) in [6.07, 6.45) is 3.71. The molecule has 0 unspecified atom stereocenters. The Morgan fingerprint density at radius 3 is 2.76 bits per heavy atom. The molecule has 92 valence electrons. The normalized spacial score (nSPS) is 17.2. The van der Waals surface area contributed by atoms with Crippen LogP contribution >= 0.6 is 27.5 Å². The minimum atomic E-state index is -0.0607. The van der Waals surface area contributed by atoms with E-state index < -0.39 is 0 Å². The van der Waals surface area contributed by atoms with Crippen molar-refractivity contribution in [3.8, 4) is 0 Å². The molecular formula is C12H14BrClN2O. The fourth-order valence-corrected chi connectivity index (χ4v) is 2.64. The molecule has 0 saturated carbocycles. The van der Waals surface area contributed by atoms with E-state index in [1.54, 1.807) is 12.3 Å². The molecule has 1 fully saturated rings. The maximum Gasteiger partial charge on any atom is 0.273 e. The van der Waals surface area contributed by atoms with Crippen LogP contribution < -0.4 is 0 Å². The van der Waals surface area contributed by atoms with Crippen molar-refractivity contribution in [3.05, 3.63) is 27.5 Å². The SMILES string of the molecule is CC1CCN(C(=O)c2ncc(Br)cc2Cl)CC1. The first kappa shape index (κ1) is 12.8. The van der Waals surface area contributed by atoms with Crippen LogP contribution in [0.1, 0.15) is 30.3 Å². The standard InChI is InChI=1S/C12H14BrClN2O/c1-8-2-4-16(5-3-8)12(17)11-10(14)6-9(13)7-15-11/h6-8H,2-5H2,1H3. The number of piperidine rings is 1. The van der Waals surface area contributed by atoms with E-state index in [2.05, 4.69) is 27.8 Å². The van der Waals surface area contributed by atoms with E-state index in [9.17, 15) is 4.79 Å². The average Bonchev–Trinajstić information content (AvgIpc) is 2.29. The van der Waals surface area contributed by atoms with Gasteiger partial charge in [0.15, 0.2) is 0 Å². The smallest absolute Gasteiger partial charge is 0.273 e. The highest BCUT2D eigenvalue weighted by Crippen LogP contribution is 2.23. The number of hydrogen-bond donors (Lipinski definition) is 0. The Balaban J connectivity index is 2.14. The fraction of sp³-hybridized carbons (Fsp3) is 0.500. The molecule has 5 heteroatoms. The minimum Gasteiger partial charge on any atom is -0.337 e. The lowest BCUT2D eigenvalue weighted by Crippen LogP contribution is -2.38. The molecule has 0 aromatic carbocycles. The first-order valence-electron chi connectivity index (χ1n) is 5.68. The maximum absolute atomic E-state index is 12.2. The van der Waals surface area contributed by atoms with Crippen molar-refractivity contribution in [3.63, 3.8) is 0 Å². The van der Waals surface area contributed by atoms with Crippen molar-refractivity contribution in [1.29, 1.82) is 0 Å². The van der Waals surface area contributed by atoms with Crippen molar-refractivity contribution < 1.29 is 4.79 Å². The van der Waals surface area contributed by atoms with Gasteiger partial charge < -0.3 is 4.90 Å². The first-order chi connectivity index (χ1) is 8.08. The van der Waals surface area contributed by atoms with Crippen molar-refractivity contribution in [2.75, 3.05) is 13.1 Å². The van der Waals surface area contributed by atoms with Gasteiger partial charge >= 0.3 is 0 Å². The van der Waals surface area contributed by atoms with Crippen LogP contribution in [0.25, 0.3) is 0 Å². The largest absolute Gasteiger partial charge is 0.337 e. The van der Waals surface area contributed by atoms with Crippen LogP contribution in [-0.4, -0.2) is 28.9 Å². The van der Waals surface area contributed by atoms with Gasteiger partial charge in [0.1, 0.15) is 5.69 Å². The number of hydrogen-bond acceptors (Lipinski definition) is 2. The predicted molar refractivity (Wildman–Crippen MR) is 71.2 cm³/mol. The van der Waals surface area contributed by atoms with Gasteiger partial charge in [-0.05, 0) is 40.8 Å².